The second-order valence-corrected chi connectivity index (χ2v) is 8.70. The van der Waals surface area contributed by atoms with Crippen molar-refractivity contribution in [1.82, 2.24) is 0 Å². The molecule has 0 aliphatic heterocycles. The van der Waals surface area contributed by atoms with Gasteiger partial charge in [-0.15, -0.1) is 0 Å². The summed E-state index contributed by atoms with van der Waals surface area (Å²) in [5, 5.41) is 0. The van der Waals surface area contributed by atoms with Gasteiger partial charge in [0.15, 0.2) is 0 Å². The molecule has 0 saturated heterocycles. The van der Waals surface area contributed by atoms with Crippen molar-refractivity contribution in [2.45, 2.75) is 24.9 Å². The lowest BCUT2D eigenvalue weighted by atomic mass is 10.6. The molecule has 80 valence electrons. The second kappa shape index (κ2) is 8.87. The van der Waals surface area contributed by atoms with Gasteiger partial charge in [0.2, 0.25) is 0 Å². The largest absolute Gasteiger partial charge is 0.398 e. The molecule has 0 aromatic heterocycles. The molecule has 0 saturated carbocycles. The fourth-order valence-corrected chi connectivity index (χ4v) is 6.16. The Labute approximate surface area is 110 Å². The van der Waals surface area contributed by atoms with Gasteiger partial charge in [-0.25, -0.2) is 0 Å². The topological polar surface area (TPSA) is 18.5 Å². The minimum absolute atomic E-state index is 1.14. The third-order valence-corrected chi connectivity index (χ3v) is 7.37. The van der Waals surface area contributed by atoms with E-state index in [1.807, 2.05) is 0 Å². The maximum atomic E-state index is 5.60. The highest BCUT2D eigenvalue weighted by atomic mass is 127. The first-order valence-electron chi connectivity index (χ1n) is 4.47. The highest BCUT2D eigenvalue weighted by Gasteiger charge is 2.33. The van der Waals surface area contributed by atoms with E-state index in [1.54, 1.807) is 14.2 Å². The van der Waals surface area contributed by atoms with Crippen molar-refractivity contribution in [3.63, 3.8) is 0 Å². The van der Waals surface area contributed by atoms with Crippen LogP contribution in [-0.4, -0.2) is 31.6 Å². The van der Waals surface area contributed by atoms with Gasteiger partial charge in [0.05, 0.1) is 0 Å². The Morgan fingerprint density at radius 1 is 0.923 bits per heavy atom. The average molecular weight is 428 g/mol. The van der Waals surface area contributed by atoms with Gasteiger partial charge in [-0.2, -0.15) is 0 Å². The Balaban J connectivity index is 3.97. The average Bonchev–Trinajstić information content (AvgIpc) is 2.20. The van der Waals surface area contributed by atoms with Crippen molar-refractivity contribution in [1.29, 1.82) is 0 Å². The van der Waals surface area contributed by atoms with Gasteiger partial charge >= 0.3 is 8.56 Å². The van der Waals surface area contributed by atoms with E-state index in [4.69, 9.17) is 8.85 Å². The molecule has 0 heterocycles. The SMILES string of the molecule is CO[Si](CCCI)(CCCI)OC. The highest BCUT2D eigenvalue weighted by molar-refractivity contribution is 14.1. The smallest absolute Gasteiger partial charge is 0.337 e. The van der Waals surface area contributed by atoms with Crippen molar-refractivity contribution in [2.75, 3.05) is 23.1 Å². The third-order valence-electron chi connectivity index (χ3n) is 2.13. The van der Waals surface area contributed by atoms with E-state index in [-0.39, 0.29) is 0 Å². The summed E-state index contributed by atoms with van der Waals surface area (Å²) < 4.78 is 13.6. The summed E-state index contributed by atoms with van der Waals surface area (Å²) in [5.74, 6) is 0. The maximum absolute atomic E-state index is 5.60. The molecule has 0 spiro atoms. The van der Waals surface area contributed by atoms with Crippen LogP contribution in [0.15, 0.2) is 0 Å². The summed E-state index contributed by atoms with van der Waals surface area (Å²) in [7, 11) is 1.81. The summed E-state index contributed by atoms with van der Waals surface area (Å²) in [6.07, 6.45) is 2.44. The van der Waals surface area contributed by atoms with E-state index >= 15 is 0 Å². The quantitative estimate of drug-likeness (QED) is 0.336. The maximum Gasteiger partial charge on any atom is 0.337 e. The van der Waals surface area contributed by atoms with Gasteiger partial charge in [-0.05, 0) is 33.8 Å². The Hall–Kier alpha value is 1.60. The molecule has 0 unspecified atom stereocenters. The fourth-order valence-electron chi connectivity index (χ4n) is 1.29. The van der Waals surface area contributed by atoms with Crippen LogP contribution in [0.1, 0.15) is 12.8 Å². The summed E-state index contributed by atoms with van der Waals surface area (Å²) in [6.45, 7) is 0. The fraction of sp³-hybridized carbons (Fsp3) is 1.00. The Morgan fingerprint density at radius 3 is 1.54 bits per heavy atom. The zero-order valence-electron chi connectivity index (χ0n) is 8.32. The summed E-state index contributed by atoms with van der Waals surface area (Å²) in [4.78, 5) is 0. The normalized spacial score (nSPS) is 12.0. The first-order chi connectivity index (χ1) is 6.24. The molecule has 0 fully saturated rings. The van der Waals surface area contributed by atoms with Crippen molar-refractivity contribution >= 4 is 53.7 Å². The summed E-state index contributed by atoms with van der Waals surface area (Å²) in [5.41, 5.74) is 0. The van der Waals surface area contributed by atoms with Crippen LogP contribution in [0.5, 0.6) is 0 Å². The number of alkyl halides is 2. The molecule has 0 N–H and O–H groups in total. The first kappa shape index (κ1) is 14.6. The molecule has 0 aromatic rings. The zero-order chi connectivity index (χ0) is 10.2. The van der Waals surface area contributed by atoms with Gasteiger partial charge in [-0.1, -0.05) is 45.2 Å². The lowest BCUT2D eigenvalue weighted by Gasteiger charge is -2.26. The minimum atomic E-state index is -1.79. The zero-order valence-corrected chi connectivity index (χ0v) is 13.6. The van der Waals surface area contributed by atoms with Crippen LogP contribution in [0.3, 0.4) is 0 Å². The standard InChI is InChI=1S/C8H18I2O2Si/c1-11-13(12-2,7-3-5-9)8-4-6-10/h3-8H2,1-2H3. The molecule has 0 aromatic carbocycles. The highest BCUT2D eigenvalue weighted by Crippen LogP contribution is 2.22. The van der Waals surface area contributed by atoms with Gasteiger partial charge in [0.25, 0.3) is 0 Å². The van der Waals surface area contributed by atoms with Gasteiger partial charge in [-0.3, -0.25) is 0 Å². The molecule has 0 aliphatic rings. The molecule has 0 aliphatic carbocycles. The molecule has 0 rings (SSSR count). The number of rotatable bonds is 8. The Morgan fingerprint density at radius 2 is 1.31 bits per heavy atom. The summed E-state index contributed by atoms with van der Waals surface area (Å²) >= 11 is 4.81. The van der Waals surface area contributed by atoms with Gasteiger partial charge in [0, 0.05) is 14.2 Å². The van der Waals surface area contributed by atoms with Gasteiger partial charge in [0.1, 0.15) is 0 Å². The number of halogens is 2. The summed E-state index contributed by atoms with van der Waals surface area (Å²) in [6, 6.07) is 2.28. The van der Waals surface area contributed by atoms with E-state index in [9.17, 15) is 0 Å². The molecular formula is C8H18I2O2Si. The molecule has 0 radical (unpaired) electrons. The minimum Gasteiger partial charge on any atom is -0.398 e. The van der Waals surface area contributed by atoms with Crippen LogP contribution in [0.2, 0.25) is 12.1 Å². The van der Waals surface area contributed by atoms with Crippen LogP contribution >= 0.6 is 45.2 Å². The lowest BCUT2D eigenvalue weighted by molar-refractivity contribution is 0.241. The van der Waals surface area contributed by atoms with Crippen LogP contribution < -0.4 is 0 Å². The van der Waals surface area contributed by atoms with E-state index < -0.39 is 8.56 Å². The molecule has 2 nitrogen and oxygen atoms in total. The van der Waals surface area contributed by atoms with Crippen molar-refractivity contribution in [2.24, 2.45) is 0 Å². The molecule has 0 atom stereocenters. The molecular weight excluding hydrogens is 410 g/mol. The molecule has 5 heteroatoms. The monoisotopic (exact) mass is 428 g/mol. The van der Waals surface area contributed by atoms with E-state index in [0.29, 0.717) is 0 Å². The number of hydrogen-bond donors (Lipinski definition) is 0. The molecule has 0 bridgehead atoms. The lowest BCUT2D eigenvalue weighted by Crippen LogP contribution is -2.39. The van der Waals surface area contributed by atoms with Gasteiger partial charge < -0.3 is 8.85 Å². The van der Waals surface area contributed by atoms with E-state index in [2.05, 4.69) is 45.2 Å². The first-order valence-corrected chi connectivity index (χ1v) is 9.75. The molecule has 0 amide bonds. The third kappa shape index (κ3) is 5.91. The van der Waals surface area contributed by atoms with Crippen LogP contribution in [0, 0.1) is 0 Å². The van der Waals surface area contributed by atoms with Crippen molar-refractivity contribution in [3.8, 4) is 0 Å². The molecule has 13 heavy (non-hydrogen) atoms. The van der Waals surface area contributed by atoms with Crippen LogP contribution in [0.4, 0.5) is 0 Å². The van der Waals surface area contributed by atoms with Crippen molar-refractivity contribution < 1.29 is 8.85 Å². The second-order valence-electron chi connectivity index (χ2n) is 2.90. The van der Waals surface area contributed by atoms with Crippen LogP contribution in [0.25, 0.3) is 0 Å². The Bertz CT molecular complexity index is 111. The predicted molar refractivity (Wildman–Crippen MR) is 76.4 cm³/mol. The van der Waals surface area contributed by atoms with Crippen molar-refractivity contribution in [3.05, 3.63) is 0 Å². The van der Waals surface area contributed by atoms with E-state index in [0.717, 1.165) is 12.1 Å². The number of hydrogen-bond acceptors (Lipinski definition) is 2. The predicted octanol–water partition coefficient (Wildman–Crippen LogP) is 3.37. The van der Waals surface area contributed by atoms with E-state index in [1.165, 1.54) is 21.7 Å². The van der Waals surface area contributed by atoms with Crippen LogP contribution in [-0.2, 0) is 8.85 Å². The Kier molecular flexibility index (Phi) is 9.96.